The van der Waals surface area contributed by atoms with Gasteiger partial charge in [0.05, 0.1) is 11.9 Å². The summed E-state index contributed by atoms with van der Waals surface area (Å²) in [4.78, 5) is 8.55. The maximum absolute atomic E-state index is 13.4. The highest BCUT2D eigenvalue weighted by Crippen LogP contribution is 2.34. The lowest BCUT2D eigenvalue weighted by Crippen LogP contribution is -2.32. The van der Waals surface area contributed by atoms with E-state index >= 15 is 0 Å². The van der Waals surface area contributed by atoms with Gasteiger partial charge < -0.3 is 14.8 Å². The Hall–Kier alpha value is -2.81. The molecule has 3 aromatic rings. The normalized spacial score (nSPS) is 18.1. The summed E-state index contributed by atoms with van der Waals surface area (Å²) in [7, 11) is 0. The van der Waals surface area contributed by atoms with Crippen LogP contribution in [-0.4, -0.2) is 36.8 Å². The average molecular weight is 389 g/mol. The van der Waals surface area contributed by atoms with Crippen molar-refractivity contribution in [2.75, 3.05) is 5.32 Å². The van der Waals surface area contributed by atoms with Crippen molar-refractivity contribution >= 4 is 5.82 Å². The summed E-state index contributed by atoms with van der Waals surface area (Å²) in [5, 5.41) is 18.2. The summed E-state index contributed by atoms with van der Waals surface area (Å²) < 4.78 is 33.7. The Balaban J connectivity index is 1.64. The number of hydrogen-bond donors (Lipinski definition) is 2. The van der Waals surface area contributed by atoms with E-state index in [1.54, 1.807) is 23.0 Å². The summed E-state index contributed by atoms with van der Waals surface area (Å²) in [6.07, 6.45) is 3.96. The van der Waals surface area contributed by atoms with Crippen molar-refractivity contribution in [1.82, 2.24) is 19.7 Å². The third-order valence-corrected chi connectivity index (χ3v) is 4.86. The summed E-state index contributed by atoms with van der Waals surface area (Å²) >= 11 is 0. The number of hydrogen-bond acceptors (Lipinski definition) is 6. The van der Waals surface area contributed by atoms with Crippen LogP contribution in [-0.2, 0) is 0 Å². The fraction of sp³-hybridized carbons (Fsp3) is 0.421. The lowest BCUT2D eigenvalue weighted by Gasteiger charge is -2.29. The smallest absolute Gasteiger partial charge is 0.248 e. The van der Waals surface area contributed by atoms with Crippen molar-refractivity contribution in [3.63, 3.8) is 0 Å². The first-order chi connectivity index (χ1) is 13.4. The molecule has 0 spiro atoms. The monoisotopic (exact) mass is 389 g/mol. The molecule has 28 heavy (non-hydrogen) atoms. The molecule has 2 N–H and O–H groups in total. The zero-order chi connectivity index (χ0) is 19.7. The molecule has 0 unspecified atom stereocenters. The summed E-state index contributed by atoms with van der Waals surface area (Å²) in [6, 6.07) is 5.12. The molecule has 7 nitrogen and oxygen atoms in total. The van der Waals surface area contributed by atoms with Gasteiger partial charge in [-0.1, -0.05) is 0 Å². The van der Waals surface area contributed by atoms with Crippen molar-refractivity contribution in [3.05, 3.63) is 54.0 Å². The molecule has 0 aromatic carbocycles. The first kappa shape index (κ1) is 18.5. The predicted octanol–water partition coefficient (Wildman–Crippen LogP) is 3.64. The van der Waals surface area contributed by atoms with E-state index in [0.717, 1.165) is 5.69 Å². The zero-order valence-corrected chi connectivity index (χ0v) is 15.3. The van der Waals surface area contributed by atoms with Gasteiger partial charge in [-0.3, -0.25) is 0 Å². The molecule has 1 fully saturated rings. The fourth-order valence-corrected chi connectivity index (χ4v) is 3.33. The molecule has 1 aliphatic carbocycles. The van der Waals surface area contributed by atoms with Crippen LogP contribution in [0.1, 0.15) is 48.9 Å². The number of nitrogens with zero attached hydrogens (tertiary/aromatic N) is 4. The number of aryl methyl sites for hydroxylation is 1. The Morgan fingerprint density at radius 2 is 2.11 bits per heavy atom. The third-order valence-electron chi connectivity index (χ3n) is 4.86. The molecular formula is C19H21F2N5O2. The second kappa shape index (κ2) is 7.31. The standard InChI is InChI=1S/C19H21F2N5O2/c1-12-4-8-26(25-12)16-11-13(17(27)18-22-7-9-28-18)10-15(24-16)23-14-2-5-19(20,21)6-3-14/h4,7-11,14,17,27H,2-3,5-6H2,1H3,(H,23,24)/t17-/m0/s1. The van der Waals surface area contributed by atoms with Gasteiger partial charge in [-0.15, -0.1) is 0 Å². The lowest BCUT2D eigenvalue weighted by molar-refractivity contribution is -0.0361. The summed E-state index contributed by atoms with van der Waals surface area (Å²) in [6.45, 7) is 1.86. The molecule has 1 atom stereocenters. The Bertz CT molecular complexity index is 932. The minimum absolute atomic E-state index is 0.103. The minimum Gasteiger partial charge on any atom is -0.446 e. The number of rotatable bonds is 5. The highest BCUT2D eigenvalue weighted by atomic mass is 19.3. The molecule has 0 bridgehead atoms. The van der Waals surface area contributed by atoms with Crippen molar-refractivity contribution < 1.29 is 18.3 Å². The third kappa shape index (κ3) is 4.04. The van der Waals surface area contributed by atoms with E-state index in [4.69, 9.17) is 4.42 Å². The topological polar surface area (TPSA) is 89.0 Å². The SMILES string of the molecule is Cc1ccn(-c2cc([C@H](O)c3ncco3)cc(NC3CCC(F)(F)CC3)n2)n1. The maximum Gasteiger partial charge on any atom is 0.248 e. The van der Waals surface area contributed by atoms with E-state index in [1.165, 1.54) is 12.5 Å². The van der Waals surface area contributed by atoms with Gasteiger partial charge in [-0.05, 0) is 43.5 Å². The van der Waals surface area contributed by atoms with Gasteiger partial charge in [-0.25, -0.2) is 23.4 Å². The number of oxazole rings is 1. The number of halogens is 2. The lowest BCUT2D eigenvalue weighted by atomic mass is 9.92. The minimum atomic E-state index is -2.59. The largest absolute Gasteiger partial charge is 0.446 e. The van der Waals surface area contributed by atoms with E-state index in [2.05, 4.69) is 20.4 Å². The van der Waals surface area contributed by atoms with Crippen LogP contribution in [0.15, 0.2) is 41.3 Å². The molecule has 1 saturated carbocycles. The van der Waals surface area contributed by atoms with Crippen LogP contribution in [0.4, 0.5) is 14.6 Å². The molecule has 0 amide bonds. The molecular weight excluding hydrogens is 368 g/mol. The van der Waals surface area contributed by atoms with Gasteiger partial charge in [-0.2, -0.15) is 5.10 Å². The van der Waals surface area contributed by atoms with Gasteiger partial charge in [0.15, 0.2) is 11.9 Å². The van der Waals surface area contributed by atoms with E-state index in [1.807, 2.05) is 13.0 Å². The van der Waals surface area contributed by atoms with Crippen molar-refractivity contribution in [2.45, 2.75) is 50.7 Å². The van der Waals surface area contributed by atoms with Crippen molar-refractivity contribution in [2.24, 2.45) is 0 Å². The first-order valence-electron chi connectivity index (χ1n) is 9.16. The molecule has 9 heteroatoms. The number of anilines is 1. The van der Waals surface area contributed by atoms with E-state index in [-0.39, 0.29) is 24.8 Å². The second-order valence-electron chi connectivity index (χ2n) is 7.09. The molecule has 3 aromatic heterocycles. The number of pyridine rings is 1. The molecule has 148 valence electrons. The Morgan fingerprint density at radius 1 is 1.32 bits per heavy atom. The van der Waals surface area contributed by atoms with Crippen LogP contribution in [0.5, 0.6) is 0 Å². The van der Waals surface area contributed by atoms with Crippen molar-refractivity contribution in [1.29, 1.82) is 0 Å². The van der Waals surface area contributed by atoms with E-state index < -0.39 is 12.0 Å². The molecule has 0 radical (unpaired) electrons. The molecule has 0 saturated heterocycles. The van der Waals surface area contributed by atoms with Crippen molar-refractivity contribution in [3.8, 4) is 5.82 Å². The molecule has 4 rings (SSSR count). The number of nitrogens with one attached hydrogen (secondary N) is 1. The van der Waals surface area contributed by atoms with Crippen LogP contribution in [0.25, 0.3) is 5.82 Å². The fourth-order valence-electron chi connectivity index (χ4n) is 3.33. The average Bonchev–Trinajstić information content (AvgIpc) is 3.34. The highest BCUT2D eigenvalue weighted by Gasteiger charge is 2.35. The Morgan fingerprint density at radius 3 is 2.75 bits per heavy atom. The Kier molecular flexibility index (Phi) is 4.84. The molecule has 0 aliphatic heterocycles. The second-order valence-corrected chi connectivity index (χ2v) is 7.09. The molecule has 1 aliphatic rings. The van der Waals surface area contributed by atoms with Crippen LogP contribution >= 0.6 is 0 Å². The van der Waals surface area contributed by atoms with E-state index in [9.17, 15) is 13.9 Å². The van der Waals surface area contributed by atoms with Gasteiger partial charge in [0.25, 0.3) is 0 Å². The zero-order valence-electron chi connectivity index (χ0n) is 15.3. The highest BCUT2D eigenvalue weighted by molar-refractivity contribution is 5.46. The first-order valence-corrected chi connectivity index (χ1v) is 9.16. The molecule has 3 heterocycles. The number of aliphatic hydroxyl groups is 1. The van der Waals surface area contributed by atoms with Crippen LogP contribution in [0.2, 0.25) is 0 Å². The van der Waals surface area contributed by atoms with E-state index in [0.29, 0.717) is 30.0 Å². The van der Waals surface area contributed by atoms with Gasteiger partial charge in [0, 0.05) is 25.1 Å². The Labute approximate surface area is 160 Å². The van der Waals surface area contributed by atoms with Gasteiger partial charge >= 0.3 is 0 Å². The number of aromatic nitrogens is 4. The van der Waals surface area contributed by atoms with Gasteiger partial charge in [0.1, 0.15) is 12.1 Å². The van der Waals surface area contributed by atoms with Gasteiger partial charge in [0.2, 0.25) is 11.8 Å². The maximum atomic E-state index is 13.4. The van der Waals surface area contributed by atoms with Crippen LogP contribution in [0.3, 0.4) is 0 Å². The quantitative estimate of drug-likeness (QED) is 0.693. The number of alkyl halides is 2. The predicted molar refractivity (Wildman–Crippen MR) is 97.5 cm³/mol. The van der Waals surface area contributed by atoms with Crippen LogP contribution in [0, 0.1) is 6.92 Å². The van der Waals surface area contributed by atoms with Crippen LogP contribution < -0.4 is 5.32 Å². The number of aliphatic hydroxyl groups excluding tert-OH is 1. The summed E-state index contributed by atoms with van der Waals surface area (Å²) in [5.41, 5.74) is 1.34. The summed E-state index contributed by atoms with van der Waals surface area (Å²) in [5.74, 6) is -1.44.